The van der Waals surface area contributed by atoms with Crippen LogP contribution in [0.3, 0.4) is 0 Å². The van der Waals surface area contributed by atoms with Crippen LogP contribution in [-0.2, 0) is 17.8 Å². The molecule has 6 heteroatoms. The molecule has 156 valence electrons. The third-order valence-corrected chi connectivity index (χ3v) is 5.03. The number of piperazine rings is 1. The fourth-order valence-corrected chi connectivity index (χ4v) is 3.61. The number of hydrogen-bond donors (Lipinski definition) is 1. The van der Waals surface area contributed by atoms with E-state index < -0.39 is 5.60 Å². The van der Waals surface area contributed by atoms with Gasteiger partial charge in [0, 0.05) is 50.5 Å². The summed E-state index contributed by atoms with van der Waals surface area (Å²) in [6.45, 7) is 11.5. The third-order valence-electron chi connectivity index (χ3n) is 5.03. The number of benzene rings is 1. The Morgan fingerprint density at radius 3 is 2.69 bits per heavy atom. The second-order valence-corrected chi connectivity index (χ2v) is 8.71. The number of hydrogen-bond acceptors (Lipinski definition) is 5. The molecule has 2 heterocycles. The van der Waals surface area contributed by atoms with Crippen molar-refractivity contribution in [1.29, 1.82) is 0 Å². The molecule has 0 bridgehead atoms. The lowest BCUT2D eigenvalue weighted by Crippen LogP contribution is -2.54. The molecule has 0 spiro atoms. The lowest BCUT2D eigenvalue weighted by atomic mass is 10.0. The molecule has 3 rings (SSSR count). The summed E-state index contributed by atoms with van der Waals surface area (Å²) in [5.74, 6) is 0. The summed E-state index contributed by atoms with van der Waals surface area (Å²) in [7, 11) is 0. The van der Waals surface area contributed by atoms with E-state index in [2.05, 4.69) is 41.1 Å². The van der Waals surface area contributed by atoms with E-state index in [1.54, 1.807) is 0 Å². The minimum Gasteiger partial charge on any atom is -0.444 e. The molecule has 2 aromatic rings. The lowest BCUT2D eigenvalue weighted by Gasteiger charge is -2.40. The molecule has 2 N–H and O–H groups in total. The minimum absolute atomic E-state index is 0.115. The van der Waals surface area contributed by atoms with Crippen LogP contribution in [-0.4, -0.2) is 52.2 Å². The minimum atomic E-state index is -0.469. The van der Waals surface area contributed by atoms with Crippen LogP contribution in [0.4, 0.5) is 4.79 Å². The van der Waals surface area contributed by atoms with Gasteiger partial charge in [-0.25, -0.2) is 4.79 Å². The molecule has 1 atom stereocenters. The highest BCUT2D eigenvalue weighted by molar-refractivity contribution is 5.68. The smallest absolute Gasteiger partial charge is 0.410 e. The van der Waals surface area contributed by atoms with Gasteiger partial charge in [-0.05, 0) is 57.0 Å². The molecular weight excluding hydrogens is 364 g/mol. The van der Waals surface area contributed by atoms with E-state index in [9.17, 15) is 4.79 Å². The van der Waals surface area contributed by atoms with Crippen molar-refractivity contribution >= 4 is 6.09 Å². The predicted molar refractivity (Wildman–Crippen MR) is 115 cm³/mol. The van der Waals surface area contributed by atoms with Crippen molar-refractivity contribution in [2.75, 3.05) is 19.6 Å². The first kappa shape index (κ1) is 21.3. The summed E-state index contributed by atoms with van der Waals surface area (Å²) in [4.78, 5) is 21.1. The van der Waals surface area contributed by atoms with Gasteiger partial charge in [-0.3, -0.25) is 9.88 Å². The van der Waals surface area contributed by atoms with Crippen LogP contribution >= 0.6 is 0 Å². The molecular formula is C23H32N4O2. The number of ether oxygens (including phenoxy) is 1. The van der Waals surface area contributed by atoms with Gasteiger partial charge >= 0.3 is 6.09 Å². The average molecular weight is 397 g/mol. The third kappa shape index (κ3) is 5.78. The standard InChI is InChI=1S/C23H32N4O2/c1-17-15-26(10-11-27(17)22(28)29-23(2,3)4)16-19-6-5-7-20(12-19)21-13-18(14-24)8-9-25-21/h5-9,12-13,17H,10-11,14-16,24H2,1-4H3/t17-/m0/s1. The molecule has 6 nitrogen and oxygen atoms in total. The normalized spacial score (nSPS) is 18.0. The maximum absolute atomic E-state index is 12.4. The molecule has 1 amide bonds. The Kier molecular flexibility index (Phi) is 6.55. The first-order chi connectivity index (χ1) is 13.7. The number of carbonyl (C=O) groups is 1. The van der Waals surface area contributed by atoms with E-state index in [4.69, 9.17) is 10.5 Å². The molecule has 1 aromatic carbocycles. The lowest BCUT2D eigenvalue weighted by molar-refractivity contribution is 0.000564. The summed E-state index contributed by atoms with van der Waals surface area (Å²) in [5.41, 5.74) is 9.64. The van der Waals surface area contributed by atoms with E-state index in [1.807, 2.05) is 44.0 Å². The van der Waals surface area contributed by atoms with Crippen LogP contribution in [0.5, 0.6) is 0 Å². The zero-order chi connectivity index (χ0) is 21.0. The van der Waals surface area contributed by atoms with E-state index >= 15 is 0 Å². The van der Waals surface area contributed by atoms with Crippen molar-refractivity contribution in [3.8, 4) is 11.3 Å². The van der Waals surface area contributed by atoms with Crippen molar-refractivity contribution < 1.29 is 9.53 Å². The predicted octanol–water partition coefficient (Wildman–Crippen LogP) is 3.65. The Morgan fingerprint density at radius 1 is 1.21 bits per heavy atom. The highest BCUT2D eigenvalue weighted by Crippen LogP contribution is 2.22. The van der Waals surface area contributed by atoms with Crippen molar-refractivity contribution in [3.63, 3.8) is 0 Å². The average Bonchev–Trinajstić information content (AvgIpc) is 2.67. The molecule has 1 saturated heterocycles. The second-order valence-electron chi connectivity index (χ2n) is 8.71. The van der Waals surface area contributed by atoms with Crippen molar-refractivity contribution in [3.05, 3.63) is 53.7 Å². The van der Waals surface area contributed by atoms with E-state index in [-0.39, 0.29) is 12.1 Å². The molecule has 1 fully saturated rings. The Morgan fingerprint density at radius 2 is 2.00 bits per heavy atom. The van der Waals surface area contributed by atoms with Gasteiger partial charge in [0.2, 0.25) is 0 Å². The molecule has 0 radical (unpaired) electrons. The maximum Gasteiger partial charge on any atom is 0.410 e. The Labute approximate surface area is 173 Å². The van der Waals surface area contributed by atoms with Gasteiger partial charge < -0.3 is 15.4 Å². The van der Waals surface area contributed by atoms with Gasteiger partial charge in [-0.15, -0.1) is 0 Å². The van der Waals surface area contributed by atoms with Crippen LogP contribution in [0.25, 0.3) is 11.3 Å². The Balaban J connectivity index is 1.64. The van der Waals surface area contributed by atoms with Gasteiger partial charge in [0.05, 0.1) is 5.69 Å². The van der Waals surface area contributed by atoms with Crippen LogP contribution in [0.1, 0.15) is 38.8 Å². The number of pyridine rings is 1. The summed E-state index contributed by atoms with van der Waals surface area (Å²) in [5, 5.41) is 0. The zero-order valence-electron chi connectivity index (χ0n) is 17.9. The SMILES string of the molecule is C[C@H]1CN(Cc2cccc(-c3cc(CN)ccn3)c2)CCN1C(=O)OC(C)(C)C. The Bertz CT molecular complexity index is 847. The molecule has 1 aliphatic heterocycles. The Hall–Kier alpha value is -2.44. The van der Waals surface area contributed by atoms with Gasteiger partial charge in [-0.1, -0.05) is 18.2 Å². The molecule has 29 heavy (non-hydrogen) atoms. The topological polar surface area (TPSA) is 71.7 Å². The van der Waals surface area contributed by atoms with Crippen LogP contribution < -0.4 is 5.73 Å². The zero-order valence-corrected chi connectivity index (χ0v) is 17.9. The molecule has 1 aliphatic rings. The fraction of sp³-hybridized carbons (Fsp3) is 0.478. The van der Waals surface area contributed by atoms with E-state index in [1.165, 1.54) is 5.56 Å². The summed E-state index contributed by atoms with van der Waals surface area (Å²) < 4.78 is 5.54. The number of carbonyl (C=O) groups excluding carboxylic acids is 1. The number of rotatable bonds is 4. The number of aromatic nitrogens is 1. The highest BCUT2D eigenvalue weighted by Gasteiger charge is 2.30. The van der Waals surface area contributed by atoms with Gasteiger partial charge in [0.25, 0.3) is 0 Å². The molecule has 0 saturated carbocycles. The first-order valence-corrected chi connectivity index (χ1v) is 10.2. The van der Waals surface area contributed by atoms with Crippen LogP contribution in [0.15, 0.2) is 42.6 Å². The fourth-order valence-electron chi connectivity index (χ4n) is 3.61. The largest absolute Gasteiger partial charge is 0.444 e. The van der Waals surface area contributed by atoms with Crippen molar-refractivity contribution in [2.45, 2.75) is 52.4 Å². The van der Waals surface area contributed by atoms with Crippen molar-refractivity contribution in [1.82, 2.24) is 14.8 Å². The van der Waals surface area contributed by atoms with E-state index in [0.29, 0.717) is 13.1 Å². The number of amides is 1. The number of nitrogens with zero attached hydrogens (tertiary/aromatic N) is 3. The molecule has 1 aromatic heterocycles. The van der Waals surface area contributed by atoms with Crippen LogP contribution in [0, 0.1) is 0 Å². The molecule has 0 aliphatic carbocycles. The van der Waals surface area contributed by atoms with Crippen LogP contribution in [0.2, 0.25) is 0 Å². The quantitative estimate of drug-likeness (QED) is 0.854. The number of nitrogens with two attached hydrogens (primary N) is 1. The molecule has 0 unspecified atom stereocenters. The van der Waals surface area contributed by atoms with Gasteiger partial charge in [-0.2, -0.15) is 0 Å². The van der Waals surface area contributed by atoms with Crippen molar-refractivity contribution in [2.24, 2.45) is 5.73 Å². The summed E-state index contributed by atoms with van der Waals surface area (Å²) in [6, 6.07) is 12.6. The van der Waals surface area contributed by atoms with Gasteiger partial charge in [0.1, 0.15) is 5.60 Å². The second kappa shape index (κ2) is 8.93. The highest BCUT2D eigenvalue weighted by atomic mass is 16.6. The summed E-state index contributed by atoms with van der Waals surface area (Å²) >= 11 is 0. The van der Waals surface area contributed by atoms with Gasteiger partial charge in [0.15, 0.2) is 0 Å². The monoisotopic (exact) mass is 396 g/mol. The van der Waals surface area contributed by atoms with E-state index in [0.717, 1.165) is 36.5 Å². The summed E-state index contributed by atoms with van der Waals surface area (Å²) in [6.07, 6.45) is 1.58. The maximum atomic E-state index is 12.4. The first-order valence-electron chi connectivity index (χ1n) is 10.2.